The Balaban J connectivity index is 3.31. The highest BCUT2D eigenvalue weighted by atomic mass is 79.9. The first-order valence-electron chi connectivity index (χ1n) is 3.40. The van der Waals surface area contributed by atoms with Crippen LogP contribution in [-0.4, -0.2) is 29.4 Å². The molecule has 0 rings (SSSR count). The van der Waals surface area contributed by atoms with E-state index in [-0.39, 0.29) is 0 Å². The minimum absolute atomic E-state index is 0.373. The average Bonchev–Trinajstić information content (AvgIpc) is 1.82. The Hall–Kier alpha value is 0.440. The van der Waals surface area contributed by atoms with Gasteiger partial charge in [0.1, 0.15) is 0 Å². The second-order valence-electron chi connectivity index (χ2n) is 2.08. The van der Waals surface area contributed by atoms with Crippen molar-refractivity contribution in [2.45, 2.75) is 18.7 Å². The first kappa shape index (κ1) is 9.44. The maximum Gasteiger partial charge on any atom is 0.0273 e. The molecule has 1 unspecified atom stereocenters. The molecule has 0 bridgehead atoms. The molecule has 1 radical (unpaired) electrons. The number of alkyl halides is 1. The summed E-state index contributed by atoms with van der Waals surface area (Å²) in [5, 5.41) is 0. The van der Waals surface area contributed by atoms with Gasteiger partial charge >= 0.3 is 0 Å². The number of halogens is 1. The van der Waals surface area contributed by atoms with E-state index in [1.165, 1.54) is 0 Å². The normalized spacial score (nSPS) is 14.3. The predicted molar refractivity (Wildman–Crippen MR) is 45.9 cm³/mol. The zero-order chi connectivity index (χ0) is 7.28. The fraction of sp³-hybridized carbons (Fsp3) is 0.857. The molecule has 0 aromatic heterocycles. The van der Waals surface area contributed by atoms with Gasteiger partial charge in [-0.2, -0.15) is 0 Å². The highest BCUT2D eigenvalue weighted by Crippen LogP contribution is 1.99. The Bertz CT molecular complexity index is 59.9. The molecule has 0 saturated heterocycles. The van der Waals surface area contributed by atoms with Crippen molar-refractivity contribution < 1.29 is 0 Å². The van der Waals surface area contributed by atoms with Gasteiger partial charge in [-0.25, -0.2) is 0 Å². The summed E-state index contributed by atoms with van der Waals surface area (Å²) < 4.78 is 0. The molecule has 0 heterocycles. The topological polar surface area (TPSA) is 3.24 Å². The van der Waals surface area contributed by atoms with E-state index in [9.17, 15) is 0 Å². The van der Waals surface area contributed by atoms with Crippen LogP contribution in [0.15, 0.2) is 0 Å². The van der Waals surface area contributed by atoms with E-state index in [0.717, 1.165) is 19.6 Å². The Labute approximate surface area is 66.6 Å². The summed E-state index contributed by atoms with van der Waals surface area (Å²) in [5.41, 5.74) is 0. The van der Waals surface area contributed by atoms with E-state index in [0.29, 0.717) is 4.83 Å². The lowest BCUT2D eigenvalue weighted by Gasteiger charge is -2.18. The van der Waals surface area contributed by atoms with Crippen LogP contribution in [0.25, 0.3) is 0 Å². The number of rotatable bonds is 4. The summed E-state index contributed by atoms with van der Waals surface area (Å²) in [7, 11) is 0. The zero-order valence-electron chi connectivity index (χ0n) is 6.23. The number of nitrogens with zero attached hydrogens (tertiary/aromatic N) is 1. The fourth-order valence-corrected chi connectivity index (χ4v) is 1.17. The van der Waals surface area contributed by atoms with Crippen LogP contribution in [0.2, 0.25) is 0 Å². The van der Waals surface area contributed by atoms with E-state index in [2.05, 4.69) is 41.6 Å². The maximum atomic E-state index is 3.85. The summed E-state index contributed by atoms with van der Waals surface area (Å²) in [5.74, 6) is 0. The molecule has 9 heavy (non-hydrogen) atoms. The molecule has 0 aromatic carbocycles. The van der Waals surface area contributed by atoms with Crippen molar-refractivity contribution in [2.24, 2.45) is 0 Å². The lowest BCUT2D eigenvalue weighted by atomic mass is 10.4. The molecule has 1 atom stereocenters. The van der Waals surface area contributed by atoms with Gasteiger partial charge in [0.2, 0.25) is 0 Å². The third-order valence-electron chi connectivity index (χ3n) is 1.35. The van der Waals surface area contributed by atoms with E-state index < -0.39 is 0 Å². The summed E-state index contributed by atoms with van der Waals surface area (Å²) >= 11 is 3.40. The molecular formula is C7H15BrN. The van der Waals surface area contributed by atoms with Crippen LogP contribution >= 0.6 is 15.9 Å². The molecule has 55 valence electrons. The van der Waals surface area contributed by atoms with Gasteiger partial charge in [0.25, 0.3) is 0 Å². The molecule has 1 nitrogen and oxygen atoms in total. The van der Waals surface area contributed by atoms with Crippen molar-refractivity contribution in [3.05, 3.63) is 6.92 Å². The van der Waals surface area contributed by atoms with Gasteiger partial charge in [0.15, 0.2) is 0 Å². The predicted octanol–water partition coefficient (Wildman–Crippen LogP) is 1.93. The molecule has 0 fully saturated rings. The van der Waals surface area contributed by atoms with Gasteiger partial charge in [0, 0.05) is 11.4 Å². The lowest BCUT2D eigenvalue weighted by molar-refractivity contribution is 0.314. The van der Waals surface area contributed by atoms with E-state index in [1.54, 1.807) is 0 Å². The number of hydrogen-bond donors (Lipinski definition) is 0. The van der Waals surface area contributed by atoms with E-state index >= 15 is 0 Å². The molecule has 0 N–H and O–H groups in total. The Morgan fingerprint density at radius 1 is 1.44 bits per heavy atom. The second-order valence-corrected chi connectivity index (χ2v) is 3.38. The average molecular weight is 193 g/mol. The third-order valence-corrected chi connectivity index (χ3v) is 1.64. The summed E-state index contributed by atoms with van der Waals surface area (Å²) in [6.45, 7) is 11.5. The van der Waals surface area contributed by atoms with E-state index in [4.69, 9.17) is 0 Å². The van der Waals surface area contributed by atoms with Crippen LogP contribution in [0.5, 0.6) is 0 Å². The summed E-state index contributed by atoms with van der Waals surface area (Å²) in [6.07, 6.45) is 0. The van der Waals surface area contributed by atoms with Gasteiger partial charge in [-0.3, -0.25) is 0 Å². The molecule has 0 spiro atoms. The largest absolute Gasteiger partial charge is 0.303 e. The lowest BCUT2D eigenvalue weighted by Crippen LogP contribution is -2.28. The Kier molecular flexibility index (Phi) is 5.50. The minimum Gasteiger partial charge on any atom is -0.303 e. The van der Waals surface area contributed by atoms with Gasteiger partial charge < -0.3 is 4.90 Å². The highest BCUT2D eigenvalue weighted by Gasteiger charge is 2.01. The van der Waals surface area contributed by atoms with Crippen molar-refractivity contribution in [1.29, 1.82) is 0 Å². The first-order valence-corrected chi connectivity index (χ1v) is 4.31. The van der Waals surface area contributed by atoms with Crippen LogP contribution in [0.1, 0.15) is 13.8 Å². The monoisotopic (exact) mass is 192 g/mol. The quantitative estimate of drug-likeness (QED) is 0.616. The Morgan fingerprint density at radius 2 is 1.89 bits per heavy atom. The van der Waals surface area contributed by atoms with Gasteiger partial charge in [-0.05, 0) is 20.0 Å². The SMILES string of the molecule is [CH2]C(Br)CN(CC)CC. The van der Waals surface area contributed by atoms with Crippen LogP contribution in [0.4, 0.5) is 0 Å². The molecule has 0 aliphatic rings. The zero-order valence-corrected chi connectivity index (χ0v) is 7.82. The van der Waals surface area contributed by atoms with Gasteiger partial charge in [-0.1, -0.05) is 29.8 Å². The molecular weight excluding hydrogens is 178 g/mol. The van der Waals surface area contributed by atoms with Crippen molar-refractivity contribution in [3.8, 4) is 0 Å². The van der Waals surface area contributed by atoms with Crippen LogP contribution in [0.3, 0.4) is 0 Å². The van der Waals surface area contributed by atoms with Crippen LogP contribution in [0, 0.1) is 6.92 Å². The smallest absolute Gasteiger partial charge is 0.0273 e. The Morgan fingerprint density at radius 3 is 2.00 bits per heavy atom. The van der Waals surface area contributed by atoms with Gasteiger partial charge in [0.05, 0.1) is 0 Å². The van der Waals surface area contributed by atoms with Crippen molar-refractivity contribution in [1.82, 2.24) is 4.90 Å². The van der Waals surface area contributed by atoms with Crippen molar-refractivity contribution in [2.75, 3.05) is 19.6 Å². The summed E-state index contributed by atoms with van der Waals surface area (Å²) in [4.78, 5) is 2.71. The first-order chi connectivity index (χ1) is 4.20. The number of hydrogen-bond acceptors (Lipinski definition) is 1. The van der Waals surface area contributed by atoms with Crippen molar-refractivity contribution >= 4 is 15.9 Å². The molecule has 2 heteroatoms. The fourth-order valence-electron chi connectivity index (χ4n) is 0.762. The molecule has 0 aliphatic carbocycles. The molecule has 0 amide bonds. The van der Waals surface area contributed by atoms with Crippen molar-refractivity contribution in [3.63, 3.8) is 0 Å². The standard InChI is InChI=1S/C7H15BrN/c1-4-9(5-2)6-7(3)8/h7H,3-6H2,1-2H3. The highest BCUT2D eigenvalue weighted by molar-refractivity contribution is 9.09. The summed E-state index contributed by atoms with van der Waals surface area (Å²) in [6, 6.07) is 0. The van der Waals surface area contributed by atoms with Gasteiger partial charge in [-0.15, -0.1) is 0 Å². The second kappa shape index (κ2) is 5.24. The molecule has 0 aliphatic heterocycles. The third kappa shape index (κ3) is 4.91. The van der Waals surface area contributed by atoms with E-state index in [1.807, 2.05) is 0 Å². The molecule has 0 saturated carbocycles. The van der Waals surface area contributed by atoms with Crippen LogP contribution in [-0.2, 0) is 0 Å². The maximum absolute atomic E-state index is 3.85. The minimum atomic E-state index is 0.373. The molecule has 0 aromatic rings. The van der Waals surface area contributed by atoms with Crippen LogP contribution < -0.4 is 0 Å².